The van der Waals surface area contributed by atoms with E-state index in [4.69, 9.17) is 4.74 Å². The molecule has 0 radical (unpaired) electrons. The summed E-state index contributed by atoms with van der Waals surface area (Å²) >= 11 is 0.943. The molecule has 1 aromatic heterocycles. The van der Waals surface area contributed by atoms with E-state index in [1.807, 2.05) is 37.3 Å². The van der Waals surface area contributed by atoms with E-state index in [-0.39, 0.29) is 16.3 Å². The molecule has 6 nitrogen and oxygen atoms in total. The molecule has 10 heteroatoms. The first-order chi connectivity index (χ1) is 15.8. The number of carbonyl (C=O) groups excluding carboxylic acids is 1. The van der Waals surface area contributed by atoms with E-state index >= 15 is 0 Å². The molecule has 0 aliphatic carbocycles. The van der Waals surface area contributed by atoms with E-state index in [9.17, 15) is 22.8 Å². The zero-order valence-corrected chi connectivity index (χ0v) is 18.6. The highest BCUT2D eigenvalue weighted by molar-refractivity contribution is 7.11. The highest BCUT2D eigenvalue weighted by atomic mass is 32.1. The van der Waals surface area contributed by atoms with Crippen LogP contribution in [-0.2, 0) is 10.9 Å². The van der Waals surface area contributed by atoms with Gasteiger partial charge >= 0.3 is 6.18 Å². The largest absolute Gasteiger partial charge is 0.418 e. The van der Waals surface area contributed by atoms with E-state index in [1.165, 1.54) is 27.1 Å². The second kappa shape index (κ2) is 9.40. The summed E-state index contributed by atoms with van der Waals surface area (Å²) in [6.07, 6.45) is -4.59. The Morgan fingerprint density at radius 1 is 1.06 bits per heavy atom. The number of morpholine rings is 1. The van der Waals surface area contributed by atoms with Crippen molar-refractivity contribution in [2.24, 2.45) is 0 Å². The molecule has 0 saturated carbocycles. The second-order valence-corrected chi connectivity index (χ2v) is 8.57. The van der Waals surface area contributed by atoms with Gasteiger partial charge in [0.2, 0.25) is 0 Å². The quantitative estimate of drug-likeness (QED) is 0.576. The fourth-order valence-corrected chi connectivity index (χ4v) is 4.75. The third-order valence-corrected chi connectivity index (χ3v) is 6.62. The van der Waals surface area contributed by atoms with Gasteiger partial charge in [0, 0.05) is 13.1 Å². The van der Waals surface area contributed by atoms with Crippen LogP contribution in [0.5, 0.6) is 0 Å². The summed E-state index contributed by atoms with van der Waals surface area (Å²) in [4.78, 5) is 28.2. The van der Waals surface area contributed by atoms with Gasteiger partial charge in [0.15, 0.2) is 0 Å². The Bertz CT molecular complexity index is 1180. The standard InChI is InChI=1S/C23H22F3N3O3S/c1-15(16-7-3-2-4-8-16)29-22(31)19(21(30)28-11-13-32-14-12-28)20(33-29)27-18-10-6-5-9-17(18)23(24,25)26/h2-10,15,27H,11-14H2,1H3/t15-/m0/s1. The van der Waals surface area contributed by atoms with Crippen LogP contribution in [0.2, 0.25) is 0 Å². The van der Waals surface area contributed by atoms with Crippen LogP contribution in [0.25, 0.3) is 0 Å². The molecule has 33 heavy (non-hydrogen) atoms. The summed E-state index contributed by atoms with van der Waals surface area (Å²) in [7, 11) is 0. The number of carbonyl (C=O) groups is 1. The molecule has 1 aliphatic rings. The first-order valence-corrected chi connectivity index (χ1v) is 11.2. The Balaban J connectivity index is 1.80. The van der Waals surface area contributed by atoms with Crippen molar-refractivity contribution in [2.45, 2.75) is 19.1 Å². The summed E-state index contributed by atoms with van der Waals surface area (Å²) in [5.41, 5.74) is -0.963. The zero-order chi connectivity index (χ0) is 23.6. The van der Waals surface area contributed by atoms with Crippen LogP contribution in [0.15, 0.2) is 59.4 Å². The molecule has 0 spiro atoms. The lowest BCUT2D eigenvalue weighted by molar-refractivity contribution is -0.136. The van der Waals surface area contributed by atoms with E-state index in [1.54, 1.807) is 0 Å². The SMILES string of the molecule is C[C@@H](c1ccccc1)n1sc(Nc2ccccc2C(F)(F)F)c(C(=O)N2CCOCC2)c1=O. The topological polar surface area (TPSA) is 63.6 Å². The van der Waals surface area contributed by atoms with Gasteiger partial charge in [-0.25, -0.2) is 0 Å². The van der Waals surface area contributed by atoms with E-state index in [0.29, 0.717) is 26.3 Å². The molecule has 1 N–H and O–H groups in total. The van der Waals surface area contributed by atoms with Crippen molar-refractivity contribution >= 4 is 28.1 Å². The molecular formula is C23H22F3N3O3S. The van der Waals surface area contributed by atoms with Crippen molar-refractivity contribution in [3.05, 3.63) is 81.6 Å². The smallest absolute Gasteiger partial charge is 0.378 e. The summed E-state index contributed by atoms with van der Waals surface area (Å²) in [5, 5.41) is 2.81. The van der Waals surface area contributed by atoms with Crippen LogP contribution >= 0.6 is 11.5 Å². The van der Waals surface area contributed by atoms with Gasteiger partial charge in [-0.3, -0.25) is 13.5 Å². The molecular weight excluding hydrogens is 455 g/mol. The Morgan fingerprint density at radius 2 is 1.70 bits per heavy atom. The summed E-state index contributed by atoms with van der Waals surface area (Å²) in [6.45, 7) is 3.10. The van der Waals surface area contributed by atoms with Crippen molar-refractivity contribution < 1.29 is 22.7 Å². The number of hydrogen-bond donors (Lipinski definition) is 1. The molecule has 1 amide bonds. The molecule has 4 rings (SSSR count). The van der Waals surface area contributed by atoms with Gasteiger partial charge in [-0.05, 0) is 36.2 Å². The van der Waals surface area contributed by atoms with Crippen LogP contribution in [0.4, 0.5) is 23.9 Å². The van der Waals surface area contributed by atoms with Crippen LogP contribution in [0.3, 0.4) is 0 Å². The lowest BCUT2D eigenvalue weighted by Crippen LogP contribution is -2.42. The van der Waals surface area contributed by atoms with Crippen LogP contribution in [-0.4, -0.2) is 41.1 Å². The van der Waals surface area contributed by atoms with Crippen molar-refractivity contribution in [1.82, 2.24) is 8.86 Å². The molecule has 1 saturated heterocycles. The molecule has 1 atom stereocenters. The molecule has 0 bridgehead atoms. The molecule has 174 valence electrons. The van der Waals surface area contributed by atoms with Crippen molar-refractivity contribution in [2.75, 3.05) is 31.6 Å². The number of anilines is 2. The minimum Gasteiger partial charge on any atom is -0.378 e. The third-order valence-electron chi connectivity index (χ3n) is 5.46. The Labute approximate surface area is 192 Å². The van der Waals surface area contributed by atoms with Gasteiger partial charge in [-0.2, -0.15) is 13.2 Å². The first-order valence-electron chi connectivity index (χ1n) is 10.4. The minimum atomic E-state index is -4.59. The third kappa shape index (κ3) is 4.81. The monoisotopic (exact) mass is 477 g/mol. The molecule has 1 aliphatic heterocycles. The average molecular weight is 478 g/mol. The van der Waals surface area contributed by atoms with Gasteiger partial charge in [-0.15, -0.1) is 0 Å². The minimum absolute atomic E-state index is 0.0796. The number of alkyl halides is 3. The summed E-state index contributed by atoms with van der Waals surface area (Å²) < 4.78 is 47.3. The van der Waals surface area contributed by atoms with E-state index < -0.39 is 29.2 Å². The van der Waals surface area contributed by atoms with Gasteiger partial charge < -0.3 is 15.0 Å². The summed E-state index contributed by atoms with van der Waals surface area (Å²) in [6, 6.07) is 13.8. The zero-order valence-electron chi connectivity index (χ0n) is 17.8. The number of hydrogen-bond acceptors (Lipinski definition) is 5. The fourth-order valence-electron chi connectivity index (χ4n) is 3.67. The molecule has 2 aromatic carbocycles. The lowest BCUT2D eigenvalue weighted by Gasteiger charge is -2.26. The van der Waals surface area contributed by atoms with Crippen molar-refractivity contribution in [3.63, 3.8) is 0 Å². The highest BCUT2D eigenvalue weighted by Gasteiger charge is 2.35. The number of nitrogens with one attached hydrogen (secondary N) is 1. The number of aromatic nitrogens is 1. The normalized spacial score (nSPS) is 15.3. The predicted octanol–water partition coefficient (Wildman–Crippen LogP) is 4.75. The lowest BCUT2D eigenvalue weighted by atomic mass is 10.1. The molecule has 0 unspecified atom stereocenters. The van der Waals surface area contributed by atoms with Crippen LogP contribution in [0.1, 0.15) is 34.5 Å². The maximum absolute atomic E-state index is 13.5. The number of amides is 1. The van der Waals surface area contributed by atoms with E-state index in [2.05, 4.69) is 5.32 Å². The number of halogens is 3. The maximum atomic E-state index is 13.5. The van der Waals surface area contributed by atoms with Crippen molar-refractivity contribution in [1.29, 1.82) is 0 Å². The van der Waals surface area contributed by atoms with Crippen molar-refractivity contribution in [3.8, 4) is 0 Å². The number of benzene rings is 2. The van der Waals surface area contributed by atoms with Gasteiger partial charge in [0.25, 0.3) is 11.5 Å². The number of ether oxygens (including phenoxy) is 1. The first kappa shape index (κ1) is 23.1. The van der Waals surface area contributed by atoms with Crippen LogP contribution < -0.4 is 10.9 Å². The number of nitrogens with zero attached hydrogens (tertiary/aromatic N) is 2. The Morgan fingerprint density at radius 3 is 2.36 bits per heavy atom. The highest BCUT2D eigenvalue weighted by Crippen LogP contribution is 2.37. The molecule has 1 fully saturated rings. The van der Waals surface area contributed by atoms with Crippen LogP contribution in [0, 0.1) is 0 Å². The Kier molecular flexibility index (Phi) is 6.57. The number of rotatable bonds is 5. The predicted molar refractivity (Wildman–Crippen MR) is 120 cm³/mol. The molecule has 3 aromatic rings. The maximum Gasteiger partial charge on any atom is 0.418 e. The fraction of sp³-hybridized carbons (Fsp3) is 0.304. The van der Waals surface area contributed by atoms with E-state index in [0.717, 1.165) is 23.2 Å². The average Bonchev–Trinajstić information content (AvgIpc) is 3.14. The van der Waals surface area contributed by atoms with Gasteiger partial charge in [0.1, 0.15) is 10.6 Å². The van der Waals surface area contributed by atoms with Gasteiger partial charge in [0.05, 0.1) is 30.5 Å². The summed E-state index contributed by atoms with van der Waals surface area (Å²) in [5.74, 6) is -0.523. The van der Waals surface area contributed by atoms with Gasteiger partial charge in [-0.1, -0.05) is 42.5 Å². The molecule has 2 heterocycles. The second-order valence-electron chi connectivity index (χ2n) is 7.59. The number of para-hydroxylation sites is 1. The Hall–Kier alpha value is -3.11.